The Bertz CT molecular complexity index is 2360. The van der Waals surface area contributed by atoms with E-state index in [4.69, 9.17) is 42.6 Å². The van der Waals surface area contributed by atoms with Crippen molar-refractivity contribution in [3.8, 4) is 0 Å². The molecule has 3 heterocycles. The number of rotatable bonds is 56. The number of hydrogen-bond acceptors (Lipinski definition) is 28. The van der Waals surface area contributed by atoms with Crippen LogP contribution in [0.2, 0.25) is 0 Å². The summed E-state index contributed by atoms with van der Waals surface area (Å²) in [4.78, 5) is 124. The molecule has 15 unspecified atom stereocenters. The molecule has 0 aromatic heterocycles. The molecule has 0 spiro atoms. The lowest BCUT2D eigenvalue weighted by Gasteiger charge is -2.42. The van der Waals surface area contributed by atoms with E-state index in [0.717, 1.165) is 38.5 Å². The number of nitrogens with one attached hydrogen (secondary N) is 10. The third kappa shape index (κ3) is 39.4. The molecule has 108 heavy (non-hydrogen) atoms. The number of ether oxygens (including phenoxy) is 9. The van der Waals surface area contributed by atoms with Gasteiger partial charge in [-0.2, -0.15) is 0 Å². The fraction of sp³-hybridized carbons (Fsp3) is 0.857. The Labute approximate surface area is 631 Å². The van der Waals surface area contributed by atoms with Crippen LogP contribution in [0.5, 0.6) is 0 Å². The molecule has 0 radical (unpaired) electrons. The van der Waals surface area contributed by atoms with Gasteiger partial charge in [-0.05, 0) is 96.3 Å². The lowest BCUT2D eigenvalue weighted by molar-refractivity contribution is -0.270. The highest BCUT2D eigenvalue weighted by Gasteiger charge is 2.48. The predicted molar refractivity (Wildman–Crippen MR) is 383 cm³/mol. The highest BCUT2D eigenvalue weighted by molar-refractivity contribution is 5.78. The van der Waals surface area contributed by atoms with Crippen molar-refractivity contribution in [3.63, 3.8) is 0 Å². The van der Waals surface area contributed by atoms with Crippen molar-refractivity contribution in [1.29, 1.82) is 0 Å². The largest absolute Gasteiger partial charge is 0.450 e. The van der Waals surface area contributed by atoms with Crippen LogP contribution in [-0.2, 0) is 76.2 Å². The van der Waals surface area contributed by atoms with Crippen LogP contribution in [0.1, 0.15) is 188 Å². The van der Waals surface area contributed by atoms with Crippen LogP contribution < -0.4 is 53.2 Å². The summed E-state index contributed by atoms with van der Waals surface area (Å²) >= 11 is 0. The Morgan fingerprint density at radius 2 is 0.593 bits per heavy atom. The molecule has 3 saturated heterocycles. The van der Waals surface area contributed by atoms with Crippen molar-refractivity contribution in [2.45, 2.75) is 286 Å². The van der Waals surface area contributed by atoms with Gasteiger partial charge in [0.05, 0.1) is 59.5 Å². The smallest absolute Gasteiger partial charge is 0.407 e. The first-order chi connectivity index (χ1) is 51.8. The number of alkyl carbamates (subject to hydrolysis) is 3. The summed E-state index contributed by atoms with van der Waals surface area (Å²) in [6.07, 6.45) is -5.19. The molecule has 19 N–H and O–H groups in total. The molecule has 3 fully saturated rings. The van der Waals surface area contributed by atoms with E-state index in [1.807, 2.05) is 0 Å². The number of aliphatic hydroxyl groups excluding tert-OH is 9. The lowest BCUT2D eigenvalue weighted by Crippen LogP contribution is -2.64. The molecule has 3 rings (SSSR count). The minimum absolute atomic E-state index is 0.0186. The molecule has 0 aromatic rings. The van der Waals surface area contributed by atoms with E-state index < -0.39 is 153 Å². The maximum Gasteiger partial charge on any atom is 0.407 e. The van der Waals surface area contributed by atoms with E-state index in [9.17, 15) is 93.9 Å². The number of carbonyl (C=O) groups is 10. The van der Waals surface area contributed by atoms with Crippen molar-refractivity contribution in [2.75, 3.05) is 98.7 Å². The Kier molecular flexibility index (Phi) is 49.5. The normalized spacial score (nSPS) is 24.5. The zero-order chi connectivity index (χ0) is 79.7. The van der Waals surface area contributed by atoms with Gasteiger partial charge in [-0.1, -0.05) is 45.4 Å². The van der Waals surface area contributed by atoms with E-state index in [-0.39, 0.29) is 89.0 Å². The van der Waals surface area contributed by atoms with Crippen LogP contribution in [0.4, 0.5) is 14.4 Å². The molecule has 38 heteroatoms. The molecule has 624 valence electrons. The summed E-state index contributed by atoms with van der Waals surface area (Å²) in [6.45, 7) is 6.16. The lowest BCUT2D eigenvalue weighted by atomic mass is 9.83. The van der Waals surface area contributed by atoms with Crippen molar-refractivity contribution in [3.05, 3.63) is 0 Å². The number of unbranched alkanes of at least 4 members (excludes halogenated alkanes) is 9. The van der Waals surface area contributed by atoms with Crippen molar-refractivity contribution < 1.29 is 137 Å². The molecular weight excluding hydrogens is 1430 g/mol. The van der Waals surface area contributed by atoms with E-state index in [2.05, 4.69) is 53.2 Å². The van der Waals surface area contributed by atoms with Crippen LogP contribution >= 0.6 is 0 Å². The average Bonchev–Trinajstić information content (AvgIpc) is 0.822. The van der Waals surface area contributed by atoms with Gasteiger partial charge in [0.25, 0.3) is 0 Å². The molecule has 0 aromatic carbocycles. The molecule has 38 nitrogen and oxygen atoms in total. The van der Waals surface area contributed by atoms with E-state index in [1.165, 1.54) is 20.8 Å². The van der Waals surface area contributed by atoms with Crippen molar-refractivity contribution >= 4 is 59.6 Å². The van der Waals surface area contributed by atoms with Crippen LogP contribution in [0, 0.1) is 0 Å². The third-order valence-corrected chi connectivity index (χ3v) is 18.2. The van der Waals surface area contributed by atoms with Gasteiger partial charge in [0.1, 0.15) is 73.1 Å². The Morgan fingerprint density at radius 1 is 0.333 bits per heavy atom. The maximum atomic E-state index is 13.1. The SMILES string of the molecule is CCC(=O)NC(CCCOC(=O)NCCCCCCNC(=O)CCCOC1OC(CO)C(O)C(O)C1NC(C)=O)(CCCOC(=O)NCCCCCCNC(=O)CCCOC1OC(CO)C(O)C(O)C1NC(C)=O)CCCOC(=O)NCCCCCCNC(=O)CCCOC1OC(CO)C(O)C(O)C1NC(C)=O. The number of carbonyl (C=O) groups excluding carboxylic acids is 10. The molecular formula is C70H126N10O28. The first-order valence-corrected chi connectivity index (χ1v) is 38.1. The third-order valence-electron chi connectivity index (χ3n) is 18.2. The molecule has 15 atom stereocenters. The monoisotopic (exact) mass is 1550 g/mol. The second-order valence-corrected chi connectivity index (χ2v) is 27.2. The molecule has 10 amide bonds. The molecule has 0 aliphatic carbocycles. The standard InChI is InChI=1S/C70H126N10O28/c1-5-51(87)80-70(27-21-39-103-67(97)74-33-15-9-6-12-30-71-52(88)24-18-36-100-64-55(77-45(2)84)61(94)58(91)48(42-81)106-64,28-22-40-104-68(98)75-34-16-10-7-13-31-72-53(89)25-19-37-101-65-56(78-46(3)85)62(95)59(92)49(43-82)107-65)29-23-41-105-69(99)76-35-17-11-8-14-32-73-54(90)26-20-38-102-66-57(79-47(4)86)63(96)60(93)50(44-83)108-66/h48-50,55-66,81-83,91-96H,5-44H2,1-4H3,(H,71,88)(H,72,89)(H,73,90)(H,74,97)(H,75,98)(H,76,99)(H,77,84)(H,78,85)(H,79,86)(H,80,87). The van der Waals surface area contributed by atoms with Gasteiger partial charge in [0.15, 0.2) is 18.9 Å². The molecule has 0 bridgehead atoms. The predicted octanol–water partition coefficient (Wildman–Crippen LogP) is -1.98. The van der Waals surface area contributed by atoms with Gasteiger partial charge < -0.3 is 142 Å². The zero-order valence-corrected chi connectivity index (χ0v) is 63.2. The van der Waals surface area contributed by atoms with Gasteiger partial charge >= 0.3 is 18.3 Å². The van der Waals surface area contributed by atoms with Gasteiger partial charge in [-0.15, -0.1) is 0 Å². The van der Waals surface area contributed by atoms with Gasteiger partial charge in [0.2, 0.25) is 41.4 Å². The summed E-state index contributed by atoms with van der Waals surface area (Å²) in [7, 11) is 0. The topological polar surface area (TPSA) is 556 Å². The maximum absolute atomic E-state index is 13.1. The minimum Gasteiger partial charge on any atom is -0.450 e. The van der Waals surface area contributed by atoms with Crippen LogP contribution in [0.3, 0.4) is 0 Å². The highest BCUT2D eigenvalue weighted by Crippen LogP contribution is 2.28. The number of hydrogen-bond donors (Lipinski definition) is 19. The van der Waals surface area contributed by atoms with Crippen molar-refractivity contribution in [1.82, 2.24) is 53.2 Å². The highest BCUT2D eigenvalue weighted by atomic mass is 16.7. The van der Waals surface area contributed by atoms with Crippen LogP contribution in [0.25, 0.3) is 0 Å². The summed E-state index contributed by atoms with van der Waals surface area (Å²) < 4.78 is 50.2. The van der Waals surface area contributed by atoms with Gasteiger partial charge in [0, 0.05) is 91.3 Å². The Morgan fingerprint density at radius 3 is 0.833 bits per heavy atom. The summed E-state index contributed by atoms with van der Waals surface area (Å²) in [5, 5.41) is 118. The van der Waals surface area contributed by atoms with Crippen LogP contribution in [0.15, 0.2) is 0 Å². The number of aliphatic hydroxyl groups is 9. The molecule has 0 saturated carbocycles. The second-order valence-electron chi connectivity index (χ2n) is 27.2. The summed E-state index contributed by atoms with van der Waals surface area (Å²) in [5.74, 6) is -2.30. The minimum atomic E-state index is -1.45. The summed E-state index contributed by atoms with van der Waals surface area (Å²) in [6, 6.07) is -3.25. The molecule has 3 aliphatic heterocycles. The second kappa shape index (κ2) is 55.8. The fourth-order valence-electron chi connectivity index (χ4n) is 12.3. The van der Waals surface area contributed by atoms with Crippen molar-refractivity contribution in [2.24, 2.45) is 0 Å². The zero-order valence-electron chi connectivity index (χ0n) is 63.2. The van der Waals surface area contributed by atoms with Gasteiger partial charge in [-0.25, -0.2) is 14.4 Å². The average molecular weight is 1560 g/mol. The Hall–Kier alpha value is -6.50. The summed E-state index contributed by atoms with van der Waals surface area (Å²) in [5.41, 5.74) is -0.868. The van der Waals surface area contributed by atoms with E-state index >= 15 is 0 Å². The van der Waals surface area contributed by atoms with E-state index in [1.54, 1.807) is 6.92 Å². The molecule has 3 aliphatic rings. The fourth-order valence-corrected chi connectivity index (χ4v) is 12.3. The Balaban J connectivity index is 1.38. The van der Waals surface area contributed by atoms with Crippen LogP contribution in [-0.4, -0.2) is 302 Å². The first-order valence-electron chi connectivity index (χ1n) is 38.1. The first kappa shape index (κ1) is 95.7. The number of amides is 10. The van der Waals surface area contributed by atoms with Gasteiger partial charge in [-0.3, -0.25) is 33.6 Å². The quantitative estimate of drug-likeness (QED) is 0.0232. The van der Waals surface area contributed by atoms with E-state index in [0.29, 0.717) is 136 Å².